The lowest BCUT2D eigenvalue weighted by Crippen LogP contribution is -2.35. The van der Waals surface area contributed by atoms with E-state index in [1.165, 1.54) is 43.1 Å². The summed E-state index contributed by atoms with van der Waals surface area (Å²) in [5.41, 5.74) is 5.38. The van der Waals surface area contributed by atoms with E-state index in [9.17, 15) is 0 Å². The van der Waals surface area contributed by atoms with E-state index in [2.05, 4.69) is 41.6 Å². The molecule has 21 heavy (non-hydrogen) atoms. The normalized spacial score (nSPS) is 24.1. The standard InChI is InChI=1S/C18H25N3/c1-2-13-5-7-15(8-6-13)18(21-19)16-10-9-14-4-3-11-20-17(14)12-16/h3-4,9-13,15,18,21H,2,5-8,19H2,1H3. The first-order valence-electron chi connectivity index (χ1n) is 8.12. The van der Waals surface area contributed by atoms with E-state index < -0.39 is 0 Å². The molecular formula is C18H25N3. The molecule has 1 unspecified atom stereocenters. The molecule has 1 saturated carbocycles. The number of hydrazine groups is 1. The van der Waals surface area contributed by atoms with Gasteiger partial charge in [-0.3, -0.25) is 16.3 Å². The summed E-state index contributed by atoms with van der Waals surface area (Å²) in [5.74, 6) is 7.43. The number of rotatable bonds is 4. The summed E-state index contributed by atoms with van der Waals surface area (Å²) in [5, 5.41) is 1.19. The molecule has 0 spiro atoms. The van der Waals surface area contributed by atoms with Crippen LogP contribution in [0.15, 0.2) is 36.5 Å². The Balaban J connectivity index is 1.81. The van der Waals surface area contributed by atoms with E-state index in [1.54, 1.807) is 0 Å². The van der Waals surface area contributed by atoms with Crippen molar-refractivity contribution in [3.05, 3.63) is 42.1 Å². The van der Waals surface area contributed by atoms with Crippen LogP contribution in [0.3, 0.4) is 0 Å². The zero-order valence-corrected chi connectivity index (χ0v) is 12.8. The van der Waals surface area contributed by atoms with E-state index in [-0.39, 0.29) is 6.04 Å². The predicted molar refractivity (Wildman–Crippen MR) is 87.5 cm³/mol. The van der Waals surface area contributed by atoms with Gasteiger partial charge in [0.1, 0.15) is 0 Å². The number of hydrogen-bond acceptors (Lipinski definition) is 3. The molecule has 1 aliphatic carbocycles. The minimum atomic E-state index is 0.245. The van der Waals surface area contributed by atoms with Crippen molar-refractivity contribution in [2.24, 2.45) is 17.7 Å². The highest BCUT2D eigenvalue weighted by Gasteiger charge is 2.27. The topological polar surface area (TPSA) is 50.9 Å². The fourth-order valence-corrected chi connectivity index (χ4v) is 3.71. The van der Waals surface area contributed by atoms with Gasteiger partial charge in [-0.2, -0.15) is 0 Å². The lowest BCUT2D eigenvalue weighted by molar-refractivity contribution is 0.219. The maximum Gasteiger partial charge on any atom is 0.0705 e. The molecule has 1 aromatic carbocycles. The first-order valence-corrected chi connectivity index (χ1v) is 8.12. The van der Waals surface area contributed by atoms with Crippen LogP contribution in [0.2, 0.25) is 0 Å². The summed E-state index contributed by atoms with van der Waals surface area (Å²) in [7, 11) is 0. The van der Waals surface area contributed by atoms with Crippen molar-refractivity contribution in [1.82, 2.24) is 10.4 Å². The zero-order chi connectivity index (χ0) is 14.7. The molecule has 1 atom stereocenters. The molecule has 1 fully saturated rings. The maximum atomic E-state index is 5.88. The van der Waals surface area contributed by atoms with Gasteiger partial charge < -0.3 is 0 Å². The second-order valence-electron chi connectivity index (χ2n) is 6.29. The minimum Gasteiger partial charge on any atom is -0.271 e. The van der Waals surface area contributed by atoms with Crippen molar-refractivity contribution >= 4 is 10.9 Å². The average molecular weight is 283 g/mol. The smallest absolute Gasteiger partial charge is 0.0705 e. The zero-order valence-electron chi connectivity index (χ0n) is 12.8. The van der Waals surface area contributed by atoms with Gasteiger partial charge in [-0.15, -0.1) is 0 Å². The summed E-state index contributed by atoms with van der Waals surface area (Å²) in [4.78, 5) is 4.46. The molecule has 1 aliphatic rings. The number of nitrogens with zero attached hydrogens (tertiary/aromatic N) is 1. The quantitative estimate of drug-likeness (QED) is 0.659. The molecule has 0 bridgehead atoms. The second kappa shape index (κ2) is 6.54. The van der Waals surface area contributed by atoms with Crippen molar-refractivity contribution in [3.8, 4) is 0 Å². The van der Waals surface area contributed by atoms with Gasteiger partial charge in [0, 0.05) is 17.6 Å². The van der Waals surface area contributed by atoms with Crippen LogP contribution < -0.4 is 11.3 Å². The Labute approximate surface area is 126 Å². The van der Waals surface area contributed by atoms with Crippen molar-refractivity contribution in [3.63, 3.8) is 0 Å². The van der Waals surface area contributed by atoms with Crippen LogP contribution >= 0.6 is 0 Å². The van der Waals surface area contributed by atoms with Crippen molar-refractivity contribution in [1.29, 1.82) is 0 Å². The molecule has 0 radical (unpaired) electrons. The monoisotopic (exact) mass is 283 g/mol. The van der Waals surface area contributed by atoms with Gasteiger partial charge in [-0.05, 0) is 42.4 Å². The third-order valence-electron chi connectivity index (χ3n) is 5.11. The number of hydrogen-bond donors (Lipinski definition) is 2. The molecule has 2 aromatic rings. The molecule has 1 aromatic heterocycles. The van der Waals surface area contributed by atoms with Gasteiger partial charge in [0.2, 0.25) is 0 Å². The molecule has 3 rings (SSSR count). The molecule has 3 N–H and O–H groups in total. The van der Waals surface area contributed by atoms with Gasteiger partial charge in [-0.1, -0.05) is 44.4 Å². The van der Waals surface area contributed by atoms with Crippen molar-refractivity contribution in [2.75, 3.05) is 0 Å². The van der Waals surface area contributed by atoms with Crippen LogP contribution in [-0.2, 0) is 0 Å². The molecular weight excluding hydrogens is 258 g/mol. The molecule has 0 amide bonds. The highest BCUT2D eigenvalue weighted by molar-refractivity contribution is 5.79. The van der Waals surface area contributed by atoms with Gasteiger partial charge in [-0.25, -0.2) is 0 Å². The fourth-order valence-electron chi connectivity index (χ4n) is 3.71. The van der Waals surface area contributed by atoms with E-state index in [1.807, 2.05) is 12.3 Å². The minimum absolute atomic E-state index is 0.245. The Bertz CT molecular complexity index is 588. The van der Waals surface area contributed by atoms with E-state index >= 15 is 0 Å². The van der Waals surface area contributed by atoms with E-state index in [4.69, 9.17) is 5.84 Å². The molecule has 3 nitrogen and oxygen atoms in total. The molecule has 3 heteroatoms. The summed E-state index contributed by atoms with van der Waals surface area (Å²) in [6.45, 7) is 2.30. The SMILES string of the molecule is CCC1CCC(C(NN)c2ccc3cccnc3c2)CC1. The lowest BCUT2D eigenvalue weighted by atomic mass is 9.76. The second-order valence-corrected chi connectivity index (χ2v) is 6.29. The van der Waals surface area contributed by atoms with Crippen LogP contribution in [0.5, 0.6) is 0 Å². The van der Waals surface area contributed by atoms with Gasteiger partial charge in [0.15, 0.2) is 0 Å². The fraction of sp³-hybridized carbons (Fsp3) is 0.500. The first-order chi connectivity index (χ1) is 10.3. The Morgan fingerprint density at radius 1 is 1.24 bits per heavy atom. The molecule has 1 heterocycles. The predicted octanol–water partition coefficient (Wildman–Crippen LogP) is 3.96. The molecule has 0 aliphatic heterocycles. The Kier molecular flexibility index (Phi) is 4.51. The third-order valence-corrected chi connectivity index (χ3v) is 5.11. The first kappa shape index (κ1) is 14.5. The van der Waals surface area contributed by atoms with Crippen LogP contribution in [0.25, 0.3) is 10.9 Å². The Hall–Kier alpha value is -1.45. The third kappa shape index (κ3) is 3.09. The van der Waals surface area contributed by atoms with E-state index in [0.717, 1.165) is 11.4 Å². The summed E-state index contributed by atoms with van der Waals surface area (Å²) in [6.07, 6.45) is 8.38. The molecule has 0 saturated heterocycles. The number of fused-ring (bicyclic) bond motifs is 1. The Morgan fingerprint density at radius 2 is 2.05 bits per heavy atom. The lowest BCUT2D eigenvalue weighted by Gasteiger charge is -2.33. The summed E-state index contributed by atoms with van der Waals surface area (Å²) < 4.78 is 0. The largest absolute Gasteiger partial charge is 0.271 e. The van der Waals surface area contributed by atoms with Gasteiger partial charge >= 0.3 is 0 Å². The van der Waals surface area contributed by atoms with Crippen LogP contribution in [0.1, 0.15) is 50.6 Å². The highest BCUT2D eigenvalue weighted by atomic mass is 15.2. The number of pyridine rings is 1. The van der Waals surface area contributed by atoms with Crippen LogP contribution in [-0.4, -0.2) is 4.98 Å². The van der Waals surface area contributed by atoms with Crippen molar-refractivity contribution in [2.45, 2.75) is 45.1 Å². The highest BCUT2D eigenvalue weighted by Crippen LogP contribution is 2.38. The van der Waals surface area contributed by atoms with Gasteiger partial charge in [0.25, 0.3) is 0 Å². The average Bonchev–Trinajstić information content (AvgIpc) is 2.56. The summed E-state index contributed by atoms with van der Waals surface area (Å²) in [6, 6.07) is 10.9. The van der Waals surface area contributed by atoms with E-state index in [0.29, 0.717) is 5.92 Å². The number of nitrogens with two attached hydrogens (primary N) is 1. The number of aromatic nitrogens is 1. The van der Waals surface area contributed by atoms with Crippen LogP contribution in [0.4, 0.5) is 0 Å². The summed E-state index contributed by atoms with van der Waals surface area (Å²) >= 11 is 0. The molecule has 112 valence electrons. The number of nitrogens with one attached hydrogen (secondary N) is 1. The van der Waals surface area contributed by atoms with Gasteiger partial charge in [0.05, 0.1) is 5.52 Å². The van der Waals surface area contributed by atoms with Crippen molar-refractivity contribution < 1.29 is 0 Å². The maximum absolute atomic E-state index is 5.88. The van der Waals surface area contributed by atoms with Crippen LogP contribution in [0, 0.1) is 11.8 Å². The Morgan fingerprint density at radius 3 is 2.76 bits per heavy atom. The number of benzene rings is 1.